The molecule has 0 atom stereocenters. The molecule has 0 amide bonds. The summed E-state index contributed by atoms with van der Waals surface area (Å²) in [5, 5.41) is 2.29. The van der Waals surface area contributed by atoms with E-state index in [2.05, 4.69) is 21.2 Å². The lowest BCUT2D eigenvalue weighted by Crippen LogP contribution is -2.54. The van der Waals surface area contributed by atoms with Gasteiger partial charge in [-0.15, -0.1) is 11.3 Å². The zero-order chi connectivity index (χ0) is 19.4. The number of rotatable bonds is 6. The number of morpholine rings is 1. The molecule has 9 heteroatoms. The predicted molar refractivity (Wildman–Crippen MR) is 112 cm³/mol. The molecule has 3 fully saturated rings. The third-order valence-corrected chi connectivity index (χ3v) is 8.90. The maximum absolute atomic E-state index is 12.8. The Kier molecular flexibility index (Phi) is 7.03. The molecule has 1 aromatic heterocycles. The van der Waals surface area contributed by atoms with Crippen LogP contribution in [0.5, 0.6) is 0 Å². The van der Waals surface area contributed by atoms with Crippen molar-refractivity contribution in [2.24, 2.45) is 0 Å². The summed E-state index contributed by atoms with van der Waals surface area (Å²) in [6.45, 7) is 9.13. The van der Waals surface area contributed by atoms with Gasteiger partial charge in [-0.3, -0.25) is 9.80 Å². The highest BCUT2D eigenvalue weighted by Crippen LogP contribution is 2.21. The van der Waals surface area contributed by atoms with Crippen LogP contribution in [0.3, 0.4) is 0 Å². The summed E-state index contributed by atoms with van der Waals surface area (Å²) in [5.74, 6) is 0. The van der Waals surface area contributed by atoms with Crippen LogP contribution >= 0.6 is 11.3 Å². The first-order chi connectivity index (χ1) is 13.6. The normalized spacial score (nSPS) is 24.6. The number of hydrogen-bond acceptors (Lipinski definition) is 6. The minimum absolute atomic E-state index is 0.470. The lowest BCUT2D eigenvalue weighted by atomic mass is 10.1. The van der Waals surface area contributed by atoms with Crippen LogP contribution in [0.25, 0.3) is 0 Å². The van der Waals surface area contributed by atoms with E-state index in [1.807, 2.05) is 11.3 Å². The van der Waals surface area contributed by atoms with Gasteiger partial charge in [-0.25, -0.2) is 0 Å². The molecule has 0 radical (unpaired) electrons. The van der Waals surface area contributed by atoms with E-state index in [0.717, 1.165) is 26.2 Å². The number of piperazine rings is 1. The van der Waals surface area contributed by atoms with Gasteiger partial charge in [0, 0.05) is 57.2 Å². The zero-order valence-corrected chi connectivity index (χ0v) is 18.2. The SMILES string of the molecule is O=S(=O)(N1CCOCC1)N1CCN(Cc2cc(CN3CCCCC3)cs2)CC1. The van der Waals surface area contributed by atoms with Crippen molar-refractivity contribution in [1.82, 2.24) is 18.4 Å². The van der Waals surface area contributed by atoms with E-state index in [9.17, 15) is 8.42 Å². The van der Waals surface area contributed by atoms with Crippen molar-refractivity contribution in [3.05, 3.63) is 21.9 Å². The Morgan fingerprint density at radius 3 is 2.18 bits per heavy atom. The largest absolute Gasteiger partial charge is 0.379 e. The summed E-state index contributed by atoms with van der Waals surface area (Å²) < 4.78 is 34.0. The first-order valence-electron chi connectivity index (χ1n) is 10.5. The maximum atomic E-state index is 12.8. The second kappa shape index (κ2) is 9.51. The highest BCUT2D eigenvalue weighted by molar-refractivity contribution is 7.86. The van der Waals surface area contributed by atoms with Crippen molar-refractivity contribution < 1.29 is 13.2 Å². The predicted octanol–water partition coefficient (Wildman–Crippen LogP) is 1.43. The van der Waals surface area contributed by atoms with E-state index in [4.69, 9.17) is 4.74 Å². The Bertz CT molecular complexity index is 719. The Hall–Kier alpha value is -0.550. The third kappa shape index (κ3) is 5.13. The zero-order valence-electron chi connectivity index (χ0n) is 16.6. The van der Waals surface area contributed by atoms with Crippen LogP contribution in [-0.4, -0.2) is 92.4 Å². The van der Waals surface area contributed by atoms with Crippen LogP contribution in [0.1, 0.15) is 29.7 Å². The molecule has 3 saturated heterocycles. The standard InChI is InChI=1S/C19H32N4O3S2/c24-28(25,23-10-12-26-13-11-23)22-8-6-21(7-9-22)16-19-14-18(17-27-19)15-20-4-2-1-3-5-20/h14,17H,1-13,15-16H2. The Morgan fingerprint density at radius 2 is 1.46 bits per heavy atom. The third-order valence-electron chi connectivity index (χ3n) is 5.90. The summed E-state index contributed by atoms with van der Waals surface area (Å²) in [7, 11) is -3.34. The van der Waals surface area contributed by atoms with Crippen molar-refractivity contribution in [1.29, 1.82) is 0 Å². The number of ether oxygens (including phenoxy) is 1. The number of likely N-dealkylation sites (tertiary alicyclic amines) is 1. The molecule has 3 aliphatic heterocycles. The molecule has 0 saturated carbocycles. The Balaban J connectivity index is 1.25. The molecule has 3 aliphatic rings. The fourth-order valence-corrected chi connectivity index (χ4v) is 6.73. The second-order valence-electron chi connectivity index (χ2n) is 7.95. The number of hydrogen-bond donors (Lipinski definition) is 0. The number of thiophene rings is 1. The topological polar surface area (TPSA) is 56.3 Å². The van der Waals surface area contributed by atoms with Gasteiger partial charge in [0.05, 0.1) is 13.2 Å². The highest BCUT2D eigenvalue weighted by Gasteiger charge is 2.33. The van der Waals surface area contributed by atoms with Gasteiger partial charge in [-0.2, -0.15) is 17.0 Å². The quantitative estimate of drug-likeness (QED) is 0.686. The van der Waals surface area contributed by atoms with Gasteiger partial charge >= 0.3 is 0 Å². The highest BCUT2D eigenvalue weighted by atomic mass is 32.2. The molecule has 0 aromatic carbocycles. The van der Waals surface area contributed by atoms with E-state index in [1.165, 1.54) is 42.8 Å². The summed E-state index contributed by atoms with van der Waals surface area (Å²) >= 11 is 1.84. The van der Waals surface area contributed by atoms with Crippen LogP contribution in [0.2, 0.25) is 0 Å². The van der Waals surface area contributed by atoms with E-state index in [0.29, 0.717) is 39.4 Å². The molecule has 1 aromatic rings. The molecule has 28 heavy (non-hydrogen) atoms. The summed E-state index contributed by atoms with van der Waals surface area (Å²) in [4.78, 5) is 6.32. The molecule has 0 aliphatic carbocycles. The molecule has 0 unspecified atom stereocenters. The van der Waals surface area contributed by atoms with Gasteiger partial charge in [0.15, 0.2) is 0 Å². The van der Waals surface area contributed by atoms with Gasteiger partial charge in [-0.1, -0.05) is 6.42 Å². The average molecular weight is 429 g/mol. The molecule has 0 spiro atoms. The van der Waals surface area contributed by atoms with Gasteiger partial charge < -0.3 is 4.74 Å². The van der Waals surface area contributed by atoms with Crippen molar-refractivity contribution >= 4 is 21.5 Å². The van der Waals surface area contributed by atoms with Crippen LogP contribution in [0, 0.1) is 0 Å². The van der Waals surface area contributed by atoms with E-state index in [1.54, 1.807) is 8.61 Å². The lowest BCUT2D eigenvalue weighted by molar-refractivity contribution is 0.0684. The molecule has 158 valence electrons. The van der Waals surface area contributed by atoms with Crippen molar-refractivity contribution in [3.8, 4) is 0 Å². The Morgan fingerprint density at radius 1 is 0.821 bits per heavy atom. The molecule has 7 nitrogen and oxygen atoms in total. The smallest absolute Gasteiger partial charge is 0.282 e. The minimum atomic E-state index is -3.34. The maximum Gasteiger partial charge on any atom is 0.282 e. The fraction of sp³-hybridized carbons (Fsp3) is 0.789. The van der Waals surface area contributed by atoms with Gasteiger partial charge in [0.25, 0.3) is 10.2 Å². The minimum Gasteiger partial charge on any atom is -0.379 e. The monoisotopic (exact) mass is 428 g/mol. The number of nitrogens with zero attached hydrogens (tertiary/aromatic N) is 4. The van der Waals surface area contributed by atoms with Crippen molar-refractivity contribution in [2.45, 2.75) is 32.4 Å². The molecular weight excluding hydrogens is 396 g/mol. The molecular formula is C19H32N4O3S2. The van der Waals surface area contributed by atoms with Gasteiger partial charge in [0.1, 0.15) is 0 Å². The second-order valence-corrected chi connectivity index (χ2v) is 10.9. The average Bonchev–Trinajstić information content (AvgIpc) is 3.16. The molecule has 4 rings (SSSR count). The van der Waals surface area contributed by atoms with E-state index >= 15 is 0 Å². The van der Waals surface area contributed by atoms with Crippen molar-refractivity contribution in [3.63, 3.8) is 0 Å². The summed E-state index contributed by atoms with van der Waals surface area (Å²) in [6, 6.07) is 2.34. The lowest BCUT2D eigenvalue weighted by Gasteiger charge is -2.37. The first kappa shape index (κ1) is 20.7. The van der Waals surface area contributed by atoms with Crippen LogP contribution in [0.15, 0.2) is 11.4 Å². The number of piperidine rings is 1. The molecule has 0 bridgehead atoms. The fourth-order valence-electron chi connectivity index (χ4n) is 4.25. The van der Waals surface area contributed by atoms with Crippen LogP contribution < -0.4 is 0 Å². The van der Waals surface area contributed by atoms with Gasteiger partial charge in [-0.05, 0) is 42.9 Å². The van der Waals surface area contributed by atoms with Crippen LogP contribution in [0.4, 0.5) is 0 Å². The Labute approximate surface area is 173 Å². The summed E-state index contributed by atoms with van der Waals surface area (Å²) in [6.07, 6.45) is 4.03. The molecule has 0 N–H and O–H groups in total. The van der Waals surface area contributed by atoms with E-state index in [-0.39, 0.29) is 0 Å². The van der Waals surface area contributed by atoms with E-state index < -0.39 is 10.2 Å². The first-order valence-corrected chi connectivity index (χ1v) is 12.7. The van der Waals surface area contributed by atoms with Gasteiger partial charge in [0.2, 0.25) is 0 Å². The molecule has 4 heterocycles. The summed E-state index contributed by atoms with van der Waals surface area (Å²) in [5.41, 5.74) is 1.43. The van der Waals surface area contributed by atoms with Crippen LogP contribution in [-0.2, 0) is 28.0 Å². The van der Waals surface area contributed by atoms with Crippen molar-refractivity contribution in [2.75, 3.05) is 65.6 Å².